The van der Waals surface area contributed by atoms with E-state index in [1.54, 1.807) is 0 Å². The predicted octanol–water partition coefficient (Wildman–Crippen LogP) is 0.106. The van der Waals surface area contributed by atoms with E-state index in [0.717, 1.165) is 0 Å². The number of hydrogen-bond acceptors (Lipinski definition) is 3. The van der Waals surface area contributed by atoms with Gasteiger partial charge in [0.25, 0.3) is 0 Å². The number of ketones is 1. The first-order valence-electron chi connectivity index (χ1n) is 2.42. The van der Waals surface area contributed by atoms with Crippen LogP contribution in [0.25, 0.3) is 0 Å². The highest BCUT2D eigenvalue weighted by Crippen LogP contribution is 1.87. The second-order valence-corrected chi connectivity index (χ2v) is 1.99. The number of hydrogen-bond donors (Lipinski definition) is 1. The molecule has 0 radical (unpaired) electrons. The number of aliphatic imine (C=N–C) groups is 1. The molecular formula is C5H6BrNO3. The van der Waals surface area contributed by atoms with Crippen molar-refractivity contribution in [2.75, 3.05) is 12.4 Å². The molecule has 0 aliphatic rings. The Bertz CT molecular complexity index is 187. The fourth-order valence-electron chi connectivity index (χ4n) is 0.403. The minimum absolute atomic E-state index is 0.00796. The molecule has 5 heteroatoms. The molecule has 0 atom stereocenters. The summed E-state index contributed by atoms with van der Waals surface area (Å²) >= 11 is 2.83. The van der Waals surface area contributed by atoms with Gasteiger partial charge in [-0.05, 0) is 0 Å². The molecule has 0 spiro atoms. The van der Waals surface area contributed by atoms with Gasteiger partial charge in [-0.2, -0.15) is 0 Å². The van der Waals surface area contributed by atoms with Gasteiger partial charge in [0.1, 0.15) is 0 Å². The molecule has 4 nitrogen and oxygen atoms in total. The highest BCUT2D eigenvalue weighted by Gasteiger charge is 2.16. The Kier molecular flexibility index (Phi) is 3.87. The zero-order valence-electron chi connectivity index (χ0n) is 5.30. The predicted molar refractivity (Wildman–Crippen MR) is 39.8 cm³/mol. The molecule has 0 aromatic carbocycles. The van der Waals surface area contributed by atoms with Gasteiger partial charge in [0.2, 0.25) is 0 Å². The van der Waals surface area contributed by atoms with Crippen molar-refractivity contribution < 1.29 is 14.7 Å². The normalized spacial score (nSPS) is 11.2. The van der Waals surface area contributed by atoms with Gasteiger partial charge in [0.05, 0.1) is 5.33 Å². The molecule has 0 saturated heterocycles. The summed E-state index contributed by atoms with van der Waals surface area (Å²) in [6.45, 7) is 0. The van der Waals surface area contributed by atoms with E-state index in [2.05, 4.69) is 20.9 Å². The third kappa shape index (κ3) is 2.26. The number of carboxylic acids is 1. The van der Waals surface area contributed by atoms with Crippen LogP contribution in [0.3, 0.4) is 0 Å². The van der Waals surface area contributed by atoms with Gasteiger partial charge in [0.15, 0.2) is 11.5 Å². The Labute approximate surface area is 66.1 Å². The molecule has 0 aromatic rings. The molecule has 0 heterocycles. The van der Waals surface area contributed by atoms with Gasteiger partial charge in [-0.15, -0.1) is 0 Å². The van der Waals surface area contributed by atoms with Gasteiger partial charge in [-0.1, -0.05) is 15.9 Å². The van der Waals surface area contributed by atoms with Crippen molar-refractivity contribution in [3.63, 3.8) is 0 Å². The molecule has 1 N–H and O–H groups in total. The molecule has 0 fully saturated rings. The van der Waals surface area contributed by atoms with Crippen molar-refractivity contribution in [1.82, 2.24) is 0 Å². The van der Waals surface area contributed by atoms with E-state index >= 15 is 0 Å². The Morgan fingerprint density at radius 2 is 2.10 bits per heavy atom. The Balaban J connectivity index is 4.39. The monoisotopic (exact) mass is 207 g/mol. The Morgan fingerprint density at radius 3 is 2.20 bits per heavy atom. The largest absolute Gasteiger partial charge is 0.476 e. The van der Waals surface area contributed by atoms with E-state index in [4.69, 9.17) is 5.11 Å². The van der Waals surface area contributed by atoms with Crippen LogP contribution in [0.15, 0.2) is 4.99 Å². The van der Waals surface area contributed by atoms with Crippen molar-refractivity contribution >= 4 is 33.4 Å². The summed E-state index contributed by atoms with van der Waals surface area (Å²) in [7, 11) is 1.27. The molecule has 0 bridgehead atoms. The topological polar surface area (TPSA) is 66.7 Å². The first-order chi connectivity index (χ1) is 4.63. The molecular weight excluding hydrogens is 202 g/mol. The van der Waals surface area contributed by atoms with E-state index in [1.165, 1.54) is 7.05 Å². The number of carboxylic acid groups (broad SMARTS) is 1. The van der Waals surface area contributed by atoms with Crippen molar-refractivity contribution in [1.29, 1.82) is 0 Å². The van der Waals surface area contributed by atoms with Crippen LogP contribution in [0.5, 0.6) is 0 Å². The third-order valence-corrected chi connectivity index (χ3v) is 1.32. The second kappa shape index (κ2) is 4.16. The number of carbonyl (C=O) groups is 2. The second-order valence-electron chi connectivity index (χ2n) is 1.43. The number of carbonyl (C=O) groups excluding carboxylic acids is 1. The first kappa shape index (κ1) is 9.29. The van der Waals surface area contributed by atoms with Crippen LogP contribution in [0.2, 0.25) is 0 Å². The van der Waals surface area contributed by atoms with E-state index in [1.807, 2.05) is 0 Å². The van der Waals surface area contributed by atoms with Crippen LogP contribution in [0, 0.1) is 0 Å². The summed E-state index contributed by atoms with van der Waals surface area (Å²) < 4.78 is 0. The molecule has 0 amide bonds. The zero-order valence-corrected chi connectivity index (χ0v) is 6.88. The minimum atomic E-state index is -1.29. The molecule has 56 valence electrons. The van der Waals surface area contributed by atoms with Crippen LogP contribution in [0.1, 0.15) is 0 Å². The van der Waals surface area contributed by atoms with Gasteiger partial charge >= 0.3 is 5.97 Å². The summed E-state index contributed by atoms with van der Waals surface area (Å²) in [6.07, 6.45) is 0. The van der Waals surface area contributed by atoms with E-state index in [0.29, 0.717) is 0 Å². The van der Waals surface area contributed by atoms with Crippen molar-refractivity contribution in [2.24, 2.45) is 4.99 Å². The van der Waals surface area contributed by atoms with Crippen LogP contribution < -0.4 is 0 Å². The number of halogens is 1. The average Bonchev–Trinajstić information content (AvgIpc) is 1.88. The van der Waals surface area contributed by atoms with Crippen molar-refractivity contribution in [3.8, 4) is 0 Å². The highest BCUT2D eigenvalue weighted by atomic mass is 79.9. The molecule has 10 heavy (non-hydrogen) atoms. The minimum Gasteiger partial charge on any atom is -0.476 e. The van der Waals surface area contributed by atoms with Crippen molar-refractivity contribution in [2.45, 2.75) is 0 Å². The molecule has 0 aromatic heterocycles. The Morgan fingerprint density at radius 1 is 1.60 bits per heavy atom. The number of rotatable bonds is 3. The summed E-state index contributed by atoms with van der Waals surface area (Å²) in [5.41, 5.74) is -0.420. The maximum Gasteiger partial charge on any atom is 0.357 e. The van der Waals surface area contributed by atoms with Gasteiger partial charge in [0, 0.05) is 7.05 Å². The lowest BCUT2D eigenvalue weighted by atomic mass is 10.3. The number of Topliss-reactive ketones (excluding diaryl/α,β-unsaturated/α-hetero) is 1. The molecule has 0 saturated carbocycles. The van der Waals surface area contributed by atoms with Crippen LogP contribution in [-0.2, 0) is 9.59 Å². The van der Waals surface area contributed by atoms with Gasteiger partial charge in [-0.25, -0.2) is 4.79 Å². The average molecular weight is 208 g/mol. The molecule has 0 rings (SSSR count). The standard InChI is InChI=1S/C5H6BrNO3/c1-7-4(5(9)10)3(8)2-6/h2H2,1H3,(H,9,10). The summed E-state index contributed by atoms with van der Waals surface area (Å²) in [4.78, 5) is 24.1. The highest BCUT2D eigenvalue weighted by molar-refractivity contribution is 9.09. The quantitative estimate of drug-likeness (QED) is 0.406. The lowest BCUT2D eigenvalue weighted by Crippen LogP contribution is -2.24. The lowest BCUT2D eigenvalue weighted by molar-refractivity contribution is -0.130. The SMILES string of the molecule is CN=C(C(=O)O)C(=O)CBr. The maximum atomic E-state index is 10.6. The molecule has 0 unspecified atom stereocenters. The summed E-state index contributed by atoms with van der Waals surface area (Å²) in [5, 5.41) is 8.29. The fraction of sp³-hybridized carbons (Fsp3) is 0.400. The van der Waals surface area contributed by atoms with E-state index in [9.17, 15) is 9.59 Å². The maximum absolute atomic E-state index is 10.6. The van der Waals surface area contributed by atoms with Gasteiger partial charge < -0.3 is 5.11 Å². The zero-order chi connectivity index (χ0) is 8.15. The van der Waals surface area contributed by atoms with Crippen LogP contribution in [0.4, 0.5) is 0 Å². The number of aliphatic carboxylic acids is 1. The van der Waals surface area contributed by atoms with Crippen LogP contribution in [-0.4, -0.2) is 34.9 Å². The molecule has 0 aliphatic carbocycles. The first-order valence-corrected chi connectivity index (χ1v) is 3.54. The van der Waals surface area contributed by atoms with E-state index in [-0.39, 0.29) is 5.33 Å². The third-order valence-electron chi connectivity index (χ3n) is 0.812. The lowest BCUT2D eigenvalue weighted by Gasteiger charge is -1.92. The number of nitrogens with zero attached hydrogens (tertiary/aromatic N) is 1. The fourth-order valence-corrected chi connectivity index (χ4v) is 0.668. The smallest absolute Gasteiger partial charge is 0.357 e. The van der Waals surface area contributed by atoms with E-state index < -0.39 is 17.5 Å². The Hall–Kier alpha value is -0.710. The van der Waals surface area contributed by atoms with Gasteiger partial charge in [-0.3, -0.25) is 9.79 Å². The molecule has 0 aliphatic heterocycles. The number of alkyl halides is 1. The van der Waals surface area contributed by atoms with Crippen LogP contribution >= 0.6 is 15.9 Å². The summed E-state index contributed by atoms with van der Waals surface area (Å²) in [5.74, 6) is -1.80. The van der Waals surface area contributed by atoms with Crippen molar-refractivity contribution in [3.05, 3.63) is 0 Å². The summed E-state index contributed by atoms with van der Waals surface area (Å²) in [6, 6.07) is 0.